The van der Waals surface area contributed by atoms with Gasteiger partial charge in [-0.05, 0) is 115 Å². The summed E-state index contributed by atoms with van der Waals surface area (Å²) in [6.45, 7) is 12.5. The van der Waals surface area contributed by atoms with Gasteiger partial charge in [-0.3, -0.25) is 0 Å². The third-order valence-corrected chi connectivity index (χ3v) is 11.4. The van der Waals surface area contributed by atoms with E-state index in [1.165, 1.54) is 57.8 Å². The van der Waals surface area contributed by atoms with Crippen LogP contribution in [0.25, 0.3) is 0 Å². The van der Waals surface area contributed by atoms with Crippen molar-refractivity contribution in [1.82, 2.24) is 0 Å². The minimum Gasteiger partial charge on any atom is -0.149 e. The summed E-state index contributed by atoms with van der Waals surface area (Å²) in [6, 6.07) is 0. The number of alkyl halides is 1. The second-order valence-electron chi connectivity index (χ2n) is 12.9. The van der Waals surface area contributed by atoms with E-state index >= 15 is 0 Å². The normalized spacial score (nSPS) is 49.2. The van der Waals surface area contributed by atoms with Gasteiger partial charge < -0.3 is 0 Å². The van der Waals surface area contributed by atoms with E-state index in [9.17, 15) is 4.91 Å². The van der Waals surface area contributed by atoms with Gasteiger partial charge in [-0.25, -0.2) is 0 Å². The molecule has 0 amide bonds. The molecule has 0 N–H and O–H groups in total. The predicted octanol–water partition coefficient (Wildman–Crippen LogP) is 8.81. The van der Waals surface area contributed by atoms with E-state index in [-0.39, 0.29) is 0 Å². The Balaban J connectivity index is 1.47. The van der Waals surface area contributed by atoms with E-state index in [2.05, 4.69) is 39.8 Å². The van der Waals surface area contributed by atoms with Crippen LogP contribution < -0.4 is 0 Å². The summed E-state index contributed by atoms with van der Waals surface area (Å²) in [5, 5.41) is 3.35. The molecule has 0 saturated heterocycles. The molecule has 0 aromatic rings. The fraction of sp³-hybridized carbons (Fsp3) is 1.00. The van der Waals surface area contributed by atoms with Gasteiger partial charge in [0, 0.05) is 0 Å². The van der Waals surface area contributed by atoms with Gasteiger partial charge in [-0.2, -0.15) is 0 Å². The highest BCUT2D eigenvalue weighted by molar-refractivity contribution is 6.23. The zero-order valence-corrected chi connectivity index (χ0v) is 21.0. The van der Waals surface area contributed by atoms with Gasteiger partial charge in [0.05, 0.1) is 0 Å². The van der Waals surface area contributed by atoms with Crippen LogP contribution in [-0.2, 0) is 0 Å². The smallest absolute Gasteiger partial charge is 0.149 e. The number of halogens is 1. The molecule has 4 saturated carbocycles. The van der Waals surface area contributed by atoms with E-state index in [1.807, 2.05) is 0 Å². The highest BCUT2D eigenvalue weighted by Gasteiger charge is 2.61. The molecule has 0 spiro atoms. The number of hydrogen-bond acceptors (Lipinski definition) is 2. The quantitative estimate of drug-likeness (QED) is 0.232. The van der Waals surface area contributed by atoms with Crippen molar-refractivity contribution in [3.63, 3.8) is 0 Å². The topological polar surface area (TPSA) is 29.4 Å². The maximum atomic E-state index is 11.4. The largest absolute Gasteiger partial charge is 0.175 e. The number of rotatable bonds is 6. The van der Waals surface area contributed by atoms with Gasteiger partial charge in [0.25, 0.3) is 0 Å². The first kappa shape index (κ1) is 23.1. The fourth-order valence-electron chi connectivity index (χ4n) is 9.31. The molecule has 2 nitrogen and oxygen atoms in total. The zero-order chi connectivity index (χ0) is 21.7. The minimum absolute atomic E-state index is 0.383. The van der Waals surface area contributed by atoms with Gasteiger partial charge in [0.1, 0.15) is 0 Å². The van der Waals surface area contributed by atoms with Crippen molar-refractivity contribution in [2.75, 3.05) is 0 Å². The Hall–Kier alpha value is -0.110. The molecule has 4 aliphatic rings. The Morgan fingerprint density at radius 3 is 2.33 bits per heavy atom. The lowest BCUT2D eigenvalue weighted by Gasteiger charge is -2.61. The number of fused-ring (bicyclic) bond motifs is 5. The van der Waals surface area contributed by atoms with E-state index in [1.54, 1.807) is 0 Å². The second kappa shape index (κ2) is 8.35. The molecule has 9 atom stereocenters. The molecule has 30 heavy (non-hydrogen) atoms. The molecule has 4 rings (SSSR count). The average Bonchev–Trinajstić information content (AvgIpc) is 3.05. The van der Waals surface area contributed by atoms with Crippen LogP contribution in [0.3, 0.4) is 0 Å². The molecule has 0 unspecified atom stereocenters. The van der Waals surface area contributed by atoms with Crippen LogP contribution in [0.15, 0.2) is 5.18 Å². The highest BCUT2D eigenvalue weighted by atomic mass is 35.5. The van der Waals surface area contributed by atoms with Crippen LogP contribution in [-0.4, -0.2) is 5.00 Å². The summed E-state index contributed by atoms with van der Waals surface area (Å²) in [5.41, 5.74) is 0.950. The van der Waals surface area contributed by atoms with E-state index < -0.39 is 5.00 Å². The lowest BCUT2D eigenvalue weighted by atomic mass is 9.44. The van der Waals surface area contributed by atoms with Crippen LogP contribution in [0.2, 0.25) is 0 Å². The van der Waals surface area contributed by atoms with Crippen LogP contribution in [0.1, 0.15) is 112 Å². The lowest BCUT2D eigenvalue weighted by molar-refractivity contribution is -0.118. The third-order valence-electron chi connectivity index (χ3n) is 11.0. The molecule has 0 aromatic carbocycles. The van der Waals surface area contributed by atoms with Crippen LogP contribution in [0, 0.1) is 57.2 Å². The lowest BCUT2D eigenvalue weighted by Crippen LogP contribution is -2.55. The highest BCUT2D eigenvalue weighted by Crippen LogP contribution is 2.69. The van der Waals surface area contributed by atoms with Gasteiger partial charge in [0.2, 0.25) is 0 Å². The van der Waals surface area contributed by atoms with Gasteiger partial charge >= 0.3 is 0 Å². The molecule has 0 heterocycles. The Kier molecular flexibility index (Phi) is 6.42. The molecule has 0 aromatic heterocycles. The maximum absolute atomic E-state index is 11.4. The van der Waals surface area contributed by atoms with Crippen molar-refractivity contribution < 1.29 is 0 Å². The van der Waals surface area contributed by atoms with Gasteiger partial charge in [-0.1, -0.05) is 65.5 Å². The van der Waals surface area contributed by atoms with Crippen molar-refractivity contribution in [3.05, 3.63) is 4.91 Å². The Morgan fingerprint density at radius 2 is 1.63 bits per heavy atom. The molecule has 0 bridgehead atoms. The fourth-order valence-corrected chi connectivity index (χ4v) is 9.59. The van der Waals surface area contributed by atoms with Crippen molar-refractivity contribution in [2.24, 2.45) is 57.4 Å². The van der Waals surface area contributed by atoms with Crippen molar-refractivity contribution >= 4 is 11.6 Å². The predicted molar refractivity (Wildman–Crippen MR) is 127 cm³/mol. The van der Waals surface area contributed by atoms with E-state index in [4.69, 9.17) is 11.6 Å². The number of nitroso groups, excluding NO2 is 1. The average molecular weight is 436 g/mol. The Bertz CT molecular complexity index is 636. The monoisotopic (exact) mass is 435 g/mol. The Labute approximate surface area is 190 Å². The summed E-state index contributed by atoms with van der Waals surface area (Å²) < 4.78 is 0. The molecular weight excluding hydrogens is 390 g/mol. The first-order chi connectivity index (χ1) is 14.1. The first-order valence-corrected chi connectivity index (χ1v) is 13.5. The summed E-state index contributed by atoms with van der Waals surface area (Å²) in [4.78, 5) is 10.5. The maximum Gasteiger partial charge on any atom is 0.175 e. The molecule has 0 aliphatic heterocycles. The first-order valence-electron chi connectivity index (χ1n) is 13.2. The standard InChI is InChI=1S/C27H46ClNO/c1-18(2)7-6-8-19(3)22-11-12-23-21-10-9-20-17-27(28,29-30)16-15-25(20,4)24(21)13-14-26(22,23)5/h18-24H,6-17H2,1-5H3/t19-,20+,21+,22+,23-,24+,25+,26-,27+/m1/s1. The zero-order valence-electron chi connectivity index (χ0n) is 20.3. The molecular formula is C27H46ClNO. The third kappa shape index (κ3) is 3.80. The SMILES string of the molecule is CC(C)CCC[C@@H](C)[C@@H]1CC[C@@H]2[C@@H]3CC[C@H]4C[C@@](Cl)(N=O)CC[C@]4(C)[C@H]3CC[C@@]21C. The molecule has 0 radical (unpaired) electrons. The molecule has 172 valence electrons. The van der Waals surface area contributed by atoms with Crippen molar-refractivity contribution in [1.29, 1.82) is 0 Å². The second-order valence-corrected chi connectivity index (χ2v) is 13.6. The Morgan fingerprint density at radius 1 is 0.900 bits per heavy atom. The number of hydrogen-bond donors (Lipinski definition) is 0. The summed E-state index contributed by atoms with van der Waals surface area (Å²) in [7, 11) is 0. The van der Waals surface area contributed by atoms with Crippen molar-refractivity contribution in [2.45, 2.75) is 117 Å². The summed E-state index contributed by atoms with van der Waals surface area (Å²) in [6.07, 6.45) is 15.3. The van der Waals surface area contributed by atoms with Gasteiger partial charge in [-0.15, -0.1) is 4.91 Å². The van der Waals surface area contributed by atoms with Gasteiger partial charge in [0.15, 0.2) is 5.00 Å². The van der Waals surface area contributed by atoms with Crippen LogP contribution >= 0.6 is 11.6 Å². The molecule has 4 fully saturated rings. The summed E-state index contributed by atoms with van der Waals surface area (Å²) >= 11 is 6.56. The minimum atomic E-state index is -0.815. The molecule has 3 heteroatoms. The summed E-state index contributed by atoms with van der Waals surface area (Å²) in [5.74, 6) is 5.93. The van der Waals surface area contributed by atoms with Crippen molar-refractivity contribution in [3.8, 4) is 0 Å². The van der Waals surface area contributed by atoms with E-state index in [0.29, 0.717) is 16.7 Å². The number of nitrogens with zero attached hydrogens (tertiary/aromatic N) is 1. The van der Waals surface area contributed by atoms with Crippen LogP contribution in [0.5, 0.6) is 0 Å². The van der Waals surface area contributed by atoms with Crippen LogP contribution in [0.4, 0.5) is 0 Å². The van der Waals surface area contributed by atoms with E-state index in [0.717, 1.165) is 54.8 Å². The molecule has 4 aliphatic carbocycles.